The molecule has 0 aliphatic carbocycles. The van der Waals surface area contributed by atoms with Crippen molar-refractivity contribution >= 4 is 22.5 Å². The molecule has 6 heteroatoms. The van der Waals surface area contributed by atoms with Crippen molar-refractivity contribution in [3.63, 3.8) is 0 Å². The smallest absolute Gasteiger partial charge is 0.134 e. The maximum absolute atomic E-state index is 5.46. The van der Waals surface area contributed by atoms with E-state index in [0.29, 0.717) is 5.92 Å². The highest BCUT2D eigenvalue weighted by molar-refractivity contribution is 5.86. The summed E-state index contributed by atoms with van der Waals surface area (Å²) in [5, 5.41) is 1.40. The Balaban J connectivity index is 1.30. The minimum absolute atomic E-state index is 0.604. The third-order valence-electron chi connectivity index (χ3n) is 6.45. The molecule has 1 N–H and O–H groups in total. The molecule has 0 radical (unpaired) electrons. The van der Waals surface area contributed by atoms with Gasteiger partial charge in [-0.1, -0.05) is 25.1 Å². The molecule has 0 saturated carbocycles. The lowest BCUT2D eigenvalue weighted by Crippen LogP contribution is -2.37. The van der Waals surface area contributed by atoms with Crippen LogP contribution in [-0.4, -0.2) is 54.3 Å². The van der Waals surface area contributed by atoms with Crippen molar-refractivity contribution in [2.24, 2.45) is 0 Å². The topological polar surface area (TPSA) is 57.3 Å². The van der Waals surface area contributed by atoms with Gasteiger partial charge in [-0.2, -0.15) is 0 Å². The van der Waals surface area contributed by atoms with Crippen LogP contribution in [0.15, 0.2) is 36.8 Å². The highest BCUT2D eigenvalue weighted by Crippen LogP contribution is 2.35. The van der Waals surface area contributed by atoms with Crippen molar-refractivity contribution < 1.29 is 4.74 Å². The van der Waals surface area contributed by atoms with Gasteiger partial charge in [-0.05, 0) is 36.3 Å². The Hall–Kier alpha value is -2.60. The normalized spacial score (nSPS) is 18.5. The SMILES string of the molecule is CCc1cccc2c(C3CCN(c4cc(N5CCOCC5)ncn4)CC3)c[nH]c12. The minimum atomic E-state index is 0.604. The van der Waals surface area contributed by atoms with Gasteiger partial charge in [0.25, 0.3) is 0 Å². The second kappa shape index (κ2) is 8.03. The molecule has 0 amide bonds. The van der Waals surface area contributed by atoms with Gasteiger partial charge in [-0.15, -0.1) is 0 Å². The zero-order valence-electron chi connectivity index (χ0n) is 17.1. The lowest BCUT2D eigenvalue weighted by atomic mass is 9.89. The predicted octanol–water partition coefficient (Wildman–Crippen LogP) is 3.74. The Bertz CT molecular complexity index is 970. The number of benzene rings is 1. The number of fused-ring (bicyclic) bond motifs is 1. The molecule has 0 atom stereocenters. The summed E-state index contributed by atoms with van der Waals surface area (Å²) in [6, 6.07) is 8.84. The Morgan fingerprint density at radius 2 is 1.76 bits per heavy atom. The van der Waals surface area contributed by atoms with Crippen molar-refractivity contribution in [1.29, 1.82) is 0 Å². The Kier molecular flexibility index (Phi) is 5.10. The average Bonchev–Trinajstić information content (AvgIpc) is 3.24. The summed E-state index contributed by atoms with van der Waals surface area (Å²) in [7, 11) is 0. The number of aromatic nitrogens is 3. The number of aryl methyl sites for hydroxylation is 1. The third kappa shape index (κ3) is 3.57. The van der Waals surface area contributed by atoms with Gasteiger partial charge in [0.05, 0.1) is 13.2 Å². The van der Waals surface area contributed by atoms with Crippen LogP contribution in [0.1, 0.15) is 36.8 Å². The highest BCUT2D eigenvalue weighted by Gasteiger charge is 2.24. The summed E-state index contributed by atoms with van der Waals surface area (Å²) in [5.41, 5.74) is 4.20. The molecular formula is C23H29N5O. The second-order valence-electron chi connectivity index (χ2n) is 8.03. The van der Waals surface area contributed by atoms with Crippen molar-refractivity contribution in [1.82, 2.24) is 15.0 Å². The first-order valence-corrected chi connectivity index (χ1v) is 10.8. The number of nitrogens with one attached hydrogen (secondary N) is 1. The first-order chi connectivity index (χ1) is 14.3. The molecule has 0 spiro atoms. The number of H-pyrrole nitrogens is 1. The van der Waals surface area contributed by atoms with E-state index in [0.717, 1.165) is 70.3 Å². The fraction of sp³-hybridized carbons (Fsp3) is 0.478. The standard InChI is InChI=1S/C23H29N5O/c1-2-17-4-3-5-19-20(15-24-23(17)19)18-6-8-27(9-7-18)21-14-22(26-16-25-21)28-10-12-29-13-11-28/h3-5,14-16,18,24H,2,6-13H2,1H3. The second-order valence-corrected chi connectivity index (χ2v) is 8.03. The van der Waals surface area contributed by atoms with Crippen molar-refractivity contribution in [3.05, 3.63) is 47.9 Å². The fourth-order valence-corrected chi connectivity index (χ4v) is 4.77. The van der Waals surface area contributed by atoms with Crippen LogP contribution in [0.5, 0.6) is 0 Å². The number of ether oxygens (including phenoxy) is 1. The van der Waals surface area contributed by atoms with E-state index in [4.69, 9.17) is 4.74 Å². The molecule has 2 aromatic heterocycles. The van der Waals surface area contributed by atoms with Gasteiger partial charge in [0.2, 0.25) is 0 Å². The van der Waals surface area contributed by atoms with E-state index in [1.807, 2.05) is 0 Å². The molecule has 0 unspecified atom stereocenters. The first-order valence-electron chi connectivity index (χ1n) is 10.8. The highest BCUT2D eigenvalue weighted by atomic mass is 16.5. The van der Waals surface area contributed by atoms with Crippen molar-refractivity contribution in [3.8, 4) is 0 Å². The van der Waals surface area contributed by atoms with Gasteiger partial charge in [-0.3, -0.25) is 0 Å². The third-order valence-corrected chi connectivity index (χ3v) is 6.45. The van der Waals surface area contributed by atoms with E-state index in [1.165, 1.54) is 22.0 Å². The number of hydrogen-bond donors (Lipinski definition) is 1. The average molecular weight is 392 g/mol. The van der Waals surface area contributed by atoms with Crippen LogP contribution in [0.3, 0.4) is 0 Å². The van der Waals surface area contributed by atoms with Crippen LogP contribution >= 0.6 is 0 Å². The van der Waals surface area contributed by atoms with Gasteiger partial charge in [0.1, 0.15) is 18.0 Å². The van der Waals surface area contributed by atoms with E-state index >= 15 is 0 Å². The molecule has 2 aliphatic heterocycles. The molecule has 152 valence electrons. The van der Waals surface area contributed by atoms with Crippen LogP contribution in [-0.2, 0) is 11.2 Å². The van der Waals surface area contributed by atoms with Crippen LogP contribution < -0.4 is 9.80 Å². The Labute approximate surface area is 171 Å². The zero-order valence-corrected chi connectivity index (χ0v) is 17.1. The molecule has 0 bridgehead atoms. The largest absolute Gasteiger partial charge is 0.378 e. The Morgan fingerprint density at radius 3 is 2.48 bits per heavy atom. The van der Waals surface area contributed by atoms with Crippen LogP contribution in [0.25, 0.3) is 10.9 Å². The van der Waals surface area contributed by atoms with Gasteiger partial charge in [0, 0.05) is 49.3 Å². The minimum Gasteiger partial charge on any atom is -0.378 e. The molecule has 29 heavy (non-hydrogen) atoms. The molecule has 1 aromatic carbocycles. The molecule has 4 heterocycles. The summed E-state index contributed by atoms with van der Waals surface area (Å²) in [6.45, 7) is 7.64. The molecular weight excluding hydrogens is 362 g/mol. The summed E-state index contributed by atoms with van der Waals surface area (Å²) in [4.78, 5) is 17.3. The molecule has 3 aromatic rings. The van der Waals surface area contributed by atoms with Crippen LogP contribution in [0, 0.1) is 0 Å². The molecule has 2 saturated heterocycles. The number of anilines is 2. The summed E-state index contributed by atoms with van der Waals surface area (Å²) in [5.74, 6) is 2.67. The van der Waals surface area contributed by atoms with Gasteiger partial charge in [0.15, 0.2) is 0 Å². The van der Waals surface area contributed by atoms with Crippen molar-refractivity contribution in [2.75, 3.05) is 49.2 Å². The number of nitrogens with zero attached hydrogens (tertiary/aromatic N) is 4. The molecule has 2 aliphatic rings. The number of aromatic amines is 1. The number of rotatable bonds is 4. The molecule has 6 nitrogen and oxygen atoms in total. The molecule has 2 fully saturated rings. The van der Waals surface area contributed by atoms with E-state index in [2.05, 4.69) is 62.1 Å². The van der Waals surface area contributed by atoms with E-state index < -0.39 is 0 Å². The van der Waals surface area contributed by atoms with Crippen molar-refractivity contribution in [2.45, 2.75) is 32.1 Å². The summed E-state index contributed by atoms with van der Waals surface area (Å²) >= 11 is 0. The predicted molar refractivity (Wildman–Crippen MR) is 117 cm³/mol. The lowest BCUT2D eigenvalue weighted by molar-refractivity contribution is 0.122. The van der Waals surface area contributed by atoms with Gasteiger partial charge >= 0.3 is 0 Å². The van der Waals surface area contributed by atoms with Crippen LogP contribution in [0.2, 0.25) is 0 Å². The number of morpholine rings is 1. The number of piperidine rings is 1. The Morgan fingerprint density at radius 1 is 1.03 bits per heavy atom. The maximum atomic E-state index is 5.46. The van der Waals surface area contributed by atoms with Gasteiger partial charge in [-0.25, -0.2) is 9.97 Å². The van der Waals surface area contributed by atoms with Gasteiger partial charge < -0.3 is 19.5 Å². The molecule has 5 rings (SSSR count). The number of hydrogen-bond acceptors (Lipinski definition) is 5. The van der Waals surface area contributed by atoms with E-state index in [1.54, 1.807) is 6.33 Å². The van der Waals surface area contributed by atoms with E-state index in [9.17, 15) is 0 Å². The first kappa shape index (κ1) is 18.4. The summed E-state index contributed by atoms with van der Waals surface area (Å²) < 4.78 is 5.46. The zero-order chi connectivity index (χ0) is 19.6. The fourth-order valence-electron chi connectivity index (χ4n) is 4.77. The maximum Gasteiger partial charge on any atom is 0.134 e. The quantitative estimate of drug-likeness (QED) is 0.734. The monoisotopic (exact) mass is 391 g/mol. The van der Waals surface area contributed by atoms with Crippen LogP contribution in [0.4, 0.5) is 11.6 Å². The number of para-hydroxylation sites is 1. The summed E-state index contributed by atoms with van der Waals surface area (Å²) in [6.07, 6.45) is 7.32. The lowest BCUT2D eigenvalue weighted by Gasteiger charge is -2.33. The van der Waals surface area contributed by atoms with E-state index in [-0.39, 0.29) is 0 Å².